The normalized spacial score (nSPS) is 16.6. The van der Waals surface area contributed by atoms with Crippen LogP contribution in [-0.4, -0.2) is 114 Å². The van der Waals surface area contributed by atoms with Gasteiger partial charge in [0, 0.05) is 11.8 Å². The van der Waals surface area contributed by atoms with Gasteiger partial charge in [-0.15, -0.1) is 0 Å². The average Bonchev–Trinajstić information content (AvgIpc) is 3.26. The fourth-order valence-corrected chi connectivity index (χ4v) is 4.26. The molecule has 1 aromatic rings. The average molecular weight is 585 g/mol. The Kier molecular flexibility index (Phi) is 18.4. The lowest BCUT2D eigenvalue weighted by Gasteiger charge is -2.11. The highest BCUT2D eigenvalue weighted by atomic mass is 32.2. The number of ether oxygens (including phenoxy) is 6. The van der Waals surface area contributed by atoms with Crippen molar-refractivity contribution in [2.24, 2.45) is 10.7 Å². The summed E-state index contributed by atoms with van der Waals surface area (Å²) < 4.78 is 32.3. The summed E-state index contributed by atoms with van der Waals surface area (Å²) in [6.07, 6.45) is 0.157. The SMILES string of the molecule is CC1N=C(NC(=O)c2ccccc2NC(=O)CCOCCOCCOCCOCCOCCOCCN)SC1C. The van der Waals surface area contributed by atoms with E-state index in [0.29, 0.717) is 101 Å². The number of nitrogens with zero attached hydrogens (tertiary/aromatic N) is 1. The number of amidine groups is 1. The third-order valence-corrected chi connectivity index (χ3v) is 6.76. The molecule has 0 bridgehead atoms. The van der Waals surface area contributed by atoms with Gasteiger partial charge < -0.3 is 44.8 Å². The molecule has 0 saturated carbocycles. The molecule has 1 aliphatic rings. The molecule has 1 heterocycles. The minimum absolute atomic E-state index is 0.147. The fourth-order valence-electron chi connectivity index (χ4n) is 3.27. The van der Waals surface area contributed by atoms with Crippen molar-refractivity contribution in [3.05, 3.63) is 29.8 Å². The van der Waals surface area contributed by atoms with Crippen LogP contribution in [0.1, 0.15) is 30.6 Å². The van der Waals surface area contributed by atoms with Gasteiger partial charge in [-0.05, 0) is 19.1 Å². The van der Waals surface area contributed by atoms with E-state index in [0.717, 1.165) is 0 Å². The van der Waals surface area contributed by atoms with E-state index in [1.54, 1.807) is 24.3 Å². The Balaban J connectivity index is 1.43. The van der Waals surface area contributed by atoms with Crippen molar-refractivity contribution in [2.45, 2.75) is 31.6 Å². The molecule has 40 heavy (non-hydrogen) atoms. The molecule has 2 atom stereocenters. The minimum atomic E-state index is -0.306. The molecule has 1 aliphatic heterocycles. The van der Waals surface area contributed by atoms with Crippen molar-refractivity contribution in [2.75, 3.05) is 91.1 Å². The van der Waals surface area contributed by atoms with Gasteiger partial charge >= 0.3 is 0 Å². The summed E-state index contributed by atoms with van der Waals surface area (Å²) in [4.78, 5) is 29.6. The van der Waals surface area contributed by atoms with Gasteiger partial charge in [0.15, 0.2) is 5.17 Å². The molecule has 12 nitrogen and oxygen atoms in total. The summed E-state index contributed by atoms with van der Waals surface area (Å²) in [5, 5.41) is 6.53. The number of nitrogens with one attached hydrogen (secondary N) is 2. The first-order chi connectivity index (χ1) is 19.5. The van der Waals surface area contributed by atoms with Crippen molar-refractivity contribution in [1.29, 1.82) is 0 Å². The molecule has 2 unspecified atom stereocenters. The summed E-state index contributed by atoms with van der Waals surface area (Å²) in [5.41, 5.74) is 6.15. The highest BCUT2D eigenvalue weighted by Gasteiger charge is 2.24. The van der Waals surface area contributed by atoms with Gasteiger partial charge in [0.05, 0.1) is 103 Å². The monoisotopic (exact) mass is 584 g/mol. The number of nitrogens with two attached hydrogens (primary N) is 1. The zero-order valence-electron chi connectivity index (χ0n) is 23.6. The highest BCUT2D eigenvalue weighted by molar-refractivity contribution is 8.14. The van der Waals surface area contributed by atoms with Crippen LogP contribution < -0.4 is 16.4 Å². The quantitative estimate of drug-likeness (QED) is 0.172. The molecule has 0 aliphatic carbocycles. The Morgan fingerprint density at radius 2 is 1.27 bits per heavy atom. The molecule has 226 valence electrons. The lowest BCUT2D eigenvalue weighted by Crippen LogP contribution is -2.29. The van der Waals surface area contributed by atoms with Crippen LogP contribution in [-0.2, 0) is 33.2 Å². The van der Waals surface area contributed by atoms with Crippen molar-refractivity contribution in [1.82, 2.24) is 5.32 Å². The first kappa shape index (κ1) is 34.1. The topological polar surface area (TPSA) is 152 Å². The number of benzene rings is 1. The number of para-hydroxylation sites is 1. The standard InChI is InChI=1S/C27H44N4O8S/c1-21-22(2)40-27(29-21)31-26(33)23-5-3-4-6-24(23)30-25(32)7-9-34-11-13-36-15-17-38-19-20-39-18-16-37-14-12-35-10-8-28/h3-6,21-22H,7-20,28H2,1-2H3,(H,30,32)(H,29,31,33). The van der Waals surface area contributed by atoms with Crippen LogP contribution in [0, 0.1) is 0 Å². The molecular weight excluding hydrogens is 540 g/mol. The zero-order valence-corrected chi connectivity index (χ0v) is 24.4. The largest absolute Gasteiger partial charge is 0.379 e. The van der Waals surface area contributed by atoms with Gasteiger partial charge in [0.1, 0.15) is 0 Å². The second kappa shape index (κ2) is 21.6. The van der Waals surface area contributed by atoms with Crippen LogP contribution in [0.3, 0.4) is 0 Å². The molecule has 4 N–H and O–H groups in total. The Morgan fingerprint density at radius 3 is 1.77 bits per heavy atom. The molecule has 1 aromatic carbocycles. The number of carbonyl (C=O) groups is 2. The predicted molar refractivity (Wildman–Crippen MR) is 155 cm³/mol. The van der Waals surface area contributed by atoms with Crippen LogP contribution in [0.4, 0.5) is 5.69 Å². The first-order valence-electron chi connectivity index (χ1n) is 13.6. The second-order valence-corrected chi connectivity index (χ2v) is 10.1. The van der Waals surface area contributed by atoms with Crippen LogP contribution in [0.5, 0.6) is 0 Å². The molecule has 0 fully saturated rings. The van der Waals surface area contributed by atoms with E-state index in [9.17, 15) is 9.59 Å². The second-order valence-electron chi connectivity index (χ2n) is 8.76. The molecular formula is C27H44N4O8S. The van der Waals surface area contributed by atoms with Crippen molar-refractivity contribution in [3.8, 4) is 0 Å². The summed E-state index contributed by atoms with van der Waals surface area (Å²) in [5.74, 6) is -0.547. The third-order valence-electron chi connectivity index (χ3n) is 5.56. The van der Waals surface area contributed by atoms with Crippen molar-refractivity contribution >= 4 is 34.4 Å². The van der Waals surface area contributed by atoms with E-state index in [-0.39, 0.29) is 30.9 Å². The Bertz CT molecular complexity index is 892. The number of rotatable bonds is 22. The molecule has 0 saturated heterocycles. The number of hydrogen-bond acceptors (Lipinski definition) is 11. The first-order valence-corrected chi connectivity index (χ1v) is 14.5. The van der Waals surface area contributed by atoms with E-state index in [2.05, 4.69) is 22.5 Å². The maximum absolute atomic E-state index is 12.7. The lowest BCUT2D eigenvalue weighted by molar-refractivity contribution is -0.117. The van der Waals surface area contributed by atoms with E-state index in [1.165, 1.54) is 11.8 Å². The van der Waals surface area contributed by atoms with Crippen LogP contribution in [0.15, 0.2) is 29.3 Å². The number of hydrogen-bond donors (Lipinski definition) is 3. The number of amides is 2. The molecule has 0 radical (unpaired) electrons. The summed E-state index contributed by atoms with van der Waals surface area (Å²) in [6, 6.07) is 7.03. The van der Waals surface area contributed by atoms with Gasteiger partial charge in [0.25, 0.3) is 5.91 Å². The molecule has 0 spiro atoms. The number of carbonyl (C=O) groups excluding carboxylic acids is 2. The zero-order chi connectivity index (χ0) is 28.8. The Morgan fingerprint density at radius 1 is 0.775 bits per heavy atom. The van der Waals surface area contributed by atoms with Crippen LogP contribution in [0.25, 0.3) is 0 Å². The van der Waals surface area contributed by atoms with E-state index in [4.69, 9.17) is 34.2 Å². The minimum Gasteiger partial charge on any atom is -0.379 e. The van der Waals surface area contributed by atoms with Crippen LogP contribution >= 0.6 is 11.8 Å². The Labute approximate surface area is 241 Å². The number of thioether (sulfide) groups is 1. The smallest absolute Gasteiger partial charge is 0.259 e. The maximum atomic E-state index is 12.7. The van der Waals surface area contributed by atoms with E-state index in [1.807, 2.05) is 6.92 Å². The van der Waals surface area contributed by atoms with Crippen molar-refractivity contribution in [3.63, 3.8) is 0 Å². The lowest BCUT2D eigenvalue weighted by atomic mass is 10.1. The fraction of sp³-hybridized carbons (Fsp3) is 0.667. The number of anilines is 1. The van der Waals surface area contributed by atoms with E-state index < -0.39 is 0 Å². The van der Waals surface area contributed by atoms with Gasteiger partial charge in [-0.1, -0.05) is 30.8 Å². The molecule has 2 amide bonds. The number of aliphatic imine (C=N–C) groups is 1. The van der Waals surface area contributed by atoms with Gasteiger partial charge in [-0.25, -0.2) is 0 Å². The maximum Gasteiger partial charge on any atom is 0.259 e. The molecule has 2 rings (SSSR count). The summed E-state index contributed by atoms with van der Waals surface area (Å²) in [7, 11) is 0. The van der Waals surface area contributed by atoms with Gasteiger partial charge in [0.2, 0.25) is 5.91 Å². The third kappa shape index (κ3) is 15.1. The van der Waals surface area contributed by atoms with Crippen molar-refractivity contribution < 1.29 is 38.0 Å². The summed E-state index contributed by atoms with van der Waals surface area (Å²) >= 11 is 1.53. The molecule has 0 aromatic heterocycles. The Hall–Kier alpha value is -2.10. The van der Waals surface area contributed by atoms with Crippen LogP contribution in [0.2, 0.25) is 0 Å². The summed E-state index contributed by atoms with van der Waals surface area (Å²) in [6.45, 7) is 10.1. The van der Waals surface area contributed by atoms with E-state index >= 15 is 0 Å². The molecule has 13 heteroatoms. The highest BCUT2D eigenvalue weighted by Crippen LogP contribution is 2.25. The van der Waals surface area contributed by atoms with Gasteiger partial charge in [-0.2, -0.15) is 0 Å². The predicted octanol–water partition coefficient (Wildman–Crippen LogP) is 1.68. The van der Waals surface area contributed by atoms with Gasteiger partial charge in [-0.3, -0.25) is 14.6 Å².